The number of anilines is 1. The second kappa shape index (κ2) is 5.65. The molecule has 0 unspecified atom stereocenters. The molecular formula is C9H13N3O5S. The number of phenols is 1. The molecule has 0 saturated heterocycles. The third kappa shape index (κ3) is 3.86. The van der Waals surface area contributed by atoms with E-state index in [1.807, 2.05) is 0 Å². The van der Waals surface area contributed by atoms with E-state index in [9.17, 15) is 23.6 Å². The van der Waals surface area contributed by atoms with E-state index in [-0.39, 0.29) is 17.9 Å². The summed E-state index contributed by atoms with van der Waals surface area (Å²) in [4.78, 5) is 9.75. The van der Waals surface area contributed by atoms with Crippen molar-refractivity contribution < 1.29 is 18.4 Å². The molecule has 0 heterocycles. The van der Waals surface area contributed by atoms with Crippen LogP contribution in [-0.2, 0) is 10.2 Å². The van der Waals surface area contributed by atoms with Gasteiger partial charge < -0.3 is 5.11 Å². The smallest absolute Gasteiger partial charge is 0.299 e. The van der Waals surface area contributed by atoms with Gasteiger partial charge in [0, 0.05) is 12.6 Å². The summed E-state index contributed by atoms with van der Waals surface area (Å²) >= 11 is 0. The van der Waals surface area contributed by atoms with Crippen LogP contribution in [0, 0.1) is 10.1 Å². The molecule has 18 heavy (non-hydrogen) atoms. The second-order valence-electron chi connectivity index (χ2n) is 3.46. The fraction of sp³-hybridized carbons (Fsp3) is 0.333. The fourth-order valence-corrected chi connectivity index (χ4v) is 2.14. The molecule has 0 aliphatic rings. The third-order valence-corrected chi connectivity index (χ3v) is 3.05. The number of hydrogen-bond donors (Lipinski definition) is 3. The van der Waals surface area contributed by atoms with Crippen LogP contribution in [0.5, 0.6) is 5.75 Å². The molecule has 0 fully saturated rings. The first kappa shape index (κ1) is 14.2. The van der Waals surface area contributed by atoms with Crippen molar-refractivity contribution in [2.24, 2.45) is 0 Å². The van der Waals surface area contributed by atoms with Crippen molar-refractivity contribution in [3.05, 3.63) is 28.3 Å². The van der Waals surface area contributed by atoms with Gasteiger partial charge in [0.05, 0.1) is 16.7 Å². The average Bonchev–Trinajstić information content (AvgIpc) is 2.29. The van der Waals surface area contributed by atoms with Crippen LogP contribution >= 0.6 is 0 Å². The van der Waals surface area contributed by atoms with Gasteiger partial charge in [-0.15, -0.1) is 0 Å². The minimum atomic E-state index is -3.78. The van der Waals surface area contributed by atoms with Crippen LogP contribution in [-0.4, -0.2) is 25.0 Å². The molecule has 0 spiro atoms. The highest BCUT2D eigenvalue weighted by molar-refractivity contribution is 7.90. The summed E-state index contributed by atoms with van der Waals surface area (Å²) in [5.74, 6) is -0.508. The predicted octanol–water partition coefficient (Wildman–Crippen LogP) is 0.957. The van der Waals surface area contributed by atoms with Gasteiger partial charge in [-0.3, -0.25) is 14.8 Å². The van der Waals surface area contributed by atoms with Gasteiger partial charge in [0.15, 0.2) is 0 Å². The quantitative estimate of drug-likeness (QED) is 0.405. The number of nitro groups is 1. The second-order valence-corrected chi connectivity index (χ2v) is 4.96. The van der Waals surface area contributed by atoms with E-state index in [1.165, 1.54) is 0 Å². The van der Waals surface area contributed by atoms with Crippen LogP contribution < -0.4 is 9.44 Å². The number of non-ortho nitro benzene ring substituents is 1. The van der Waals surface area contributed by atoms with E-state index in [1.54, 1.807) is 6.92 Å². The zero-order chi connectivity index (χ0) is 13.8. The Labute approximate surface area is 104 Å². The first-order valence-corrected chi connectivity index (χ1v) is 6.59. The van der Waals surface area contributed by atoms with Gasteiger partial charge in [0.2, 0.25) is 0 Å². The lowest BCUT2D eigenvalue weighted by Crippen LogP contribution is -2.30. The lowest BCUT2D eigenvalue weighted by Gasteiger charge is -2.09. The molecule has 0 saturated carbocycles. The van der Waals surface area contributed by atoms with Gasteiger partial charge in [-0.2, -0.15) is 13.1 Å². The van der Waals surface area contributed by atoms with Crippen molar-refractivity contribution in [1.29, 1.82) is 0 Å². The van der Waals surface area contributed by atoms with Gasteiger partial charge in [0.1, 0.15) is 5.75 Å². The lowest BCUT2D eigenvalue weighted by atomic mass is 10.3. The maximum absolute atomic E-state index is 11.5. The van der Waals surface area contributed by atoms with Crippen LogP contribution in [0.3, 0.4) is 0 Å². The van der Waals surface area contributed by atoms with Crippen molar-refractivity contribution in [1.82, 2.24) is 4.72 Å². The first-order valence-electron chi connectivity index (χ1n) is 5.10. The minimum Gasteiger partial charge on any atom is -0.505 e. The average molecular weight is 275 g/mol. The molecule has 0 radical (unpaired) electrons. The number of nitrogens with one attached hydrogen (secondary N) is 2. The molecule has 100 valence electrons. The van der Waals surface area contributed by atoms with Crippen LogP contribution in [0.1, 0.15) is 13.3 Å². The number of nitro benzene ring substituents is 1. The number of aromatic hydroxyl groups is 1. The van der Waals surface area contributed by atoms with Gasteiger partial charge in [-0.05, 0) is 12.5 Å². The van der Waals surface area contributed by atoms with Crippen LogP contribution in [0.2, 0.25) is 0 Å². The molecule has 0 bridgehead atoms. The van der Waals surface area contributed by atoms with E-state index < -0.39 is 20.9 Å². The molecule has 9 heteroatoms. The van der Waals surface area contributed by atoms with Gasteiger partial charge in [-0.25, -0.2) is 0 Å². The highest BCUT2D eigenvalue weighted by Gasteiger charge is 2.14. The molecule has 0 aromatic heterocycles. The number of nitrogens with zero attached hydrogens (tertiary/aromatic N) is 1. The molecule has 0 aliphatic heterocycles. The summed E-state index contributed by atoms with van der Waals surface area (Å²) in [5, 5.41) is 19.9. The Morgan fingerprint density at radius 1 is 1.44 bits per heavy atom. The first-order chi connectivity index (χ1) is 8.35. The molecule has 1 aromatic carbocycles. The number of hydrogen-bond acceptors (Lipinski definition) is 5. The van der Waals surface area contributed by atoms with E-state index in [0.717, 1.165) is 18.2 Å². The predicted molar refractivity (Wildman–Crippen MR) is 65.6 cm³/mol. The van der Waals surface area contributed by atoms with E-state index in [2.05, 4.69) is 9.44 Å². The molecule has 0 aliphatic carbocycles. The summed E-state index contributed by atoms with van der Waals surface area (Å²) in [5.41, 5.74) is -0.443. The molecule has 0 atom stereocenters. The van der Waals surface area contributed by atoms with Crippen LogP contribution in [0.4, 0.5) is 11.4 Å². The summed E-state index contributed by atoms with van der Waals surface area (Å²) < 4.78 is 27.2. The van der Waals surface area contributed by atoms with Gasteiger partial charge >= 0.3 is 0 Å². The normalized spacial score (nSPS) is 11.2. The Morgan fingerprint density at radius 3 is 2.61 bits per heavy atom. The zero-order valence-corrected chi connectivity index (χ0v) is 10.4. The molecule has 0 amide bonds. The number of benzene rings is 1. The van der Waals surface area contributed by atoms with Gasteiger partial charge in [0.25, 0.3) is 15.9 Å². The van der Waals surface area contributed by atoms with Crippen LogP contribution in [0.25, 0.3) is 0 Å². The number of rotatable bonds is 6. The largest absolute Gasteiger partial charge is 0.505 e. The van der Waals surface area contributed by atoms with E-state index in [4.69, 9.17) is 0 Å². The highest BCUT2D eigenvalue weighted by atomic mass is 32.2. The summed E-state index contributed by atoms with van der Waals surface area (Å²) in [6.07, 6.45) is 0.618. The Bertz CT molecular complexity index is 543. The summed E-state index contributed by atoms with van der Waals surface area (Å²) in [7, 11) is -3.78. The molecule has 3 N–H and O–H groups in total. The summed E-state index contributed by atoms with van der Waals surface area (Å²) in [6.45, 7) is 2.05. The Balaban J connectivity index is 2.89. The van der Waals surface area contributed by atoms with Crippen LogP contribution in [0.15, 0.2) is 18.2 Å². The van der Waals surface area contributed by atoms with E-state index >= 15 is 0 Å². The SMILES string of the molecule is CCCNS(=O)(=O)Nc1ccc([N+](=O)[O-])cc1O. The monoisotopic (exact) mass is 275 g/mol. The third-order valence-electron chi connectivity index (χ3n) is 1.98. The fourth-order valence-electron chi connectivity index (χ4n) is 1.14. The molecular weight excluding hydrogens is 262 g/mol. The molecule has 1 aromatic rings. The lowest BCUT2D eigenvalue weighted by molar-refractivity contribution is -0.384. The maximum Gasteiger partial charge on any atom is 0.299 e. The molecule has 1 rings (SSSR count). The Morgan fingerprint density at radius 2 is 2.11 bits per heavy atom. The Hall–Kier alpha value is -1.87. The van der Waals surface area contributed by atoms with Crippen molar-refractivity contribution in [2.45, 2.75) is 13.3 Å². The van der Waals surface area contributed by atoms with Crippen molar-refractivity contribution >= 4 is 21.6 Å². The number of phenolic OH excluding ortho intramolecular Hbond substituents is 1. The minimum absolute atomic E-state index is 0.121. The van der Waals surface area contributed by atoms with Crippen molar-refractivity contribution in [2.75, 3.05) is 11.3 Å². The maximum atomic E-state index is 11.5. The summed E-state index contributed by atoms with van der Waals surface area (Å²) in [6, 6.07) is 3.09. The Kier molecular flexibility index (Phi) is 4.45. The highest BCUT2D eigenvalue weighted by Crippen LogP contribution is 2.28. The topological polar surface area (TPSA) is 122 Å². The molecule has 8 nitrogen and oxygen atoms in total. The van der Waals surface area contributed by atoms with Gasteiger partial charge in [-0.1, -0.05) is 6.92 Å². The van der Waals surface area contributed by atoms with Crippen molar-refractivity contribution in [3.63, 3.8) is 0 Å². The zero-order valence-electron chi connectivity index (χ0n) is 9.58. The van der Waals surface area contributed by atoms with Crippen molar-refractivity contribution in [3.8, 4) is 5.75 Å². The standard InChI is InChI=1S/C9H13N3O5S/c1-2-5-10-18(16,17)11-8-4-3-7(12(14)15)6-9(8)13/h3-4,6,10-11,13H,2,5H2,1H3. The van der Waals surface area contributed by atoms with E-state index in [0.29, 0.717) is 6.42 Å².